The Hall–Kier alpha value is -2.51. The first kappa shape index (κ1) is 14.1. The molecule has 3 aliphatic heterocycles. The van der Waals surface area contributed by atoms with Crippen molar-refractivity contribution in [3.8, 4) is 0 Å². The Balaban J connectivity index is 1.73. The second-order valence-corrected chi connectivity index (χ2v) is 5.56. The van der Waals surface area contributed by atoms with Crippen molar-refractivity contribution in [3.05, 3.63) is 53.6 Å². The molecule has 3 heterocycles. The third-order valence-electron chi connectivity index (χ3n) is 4.11. The van der Waals surface area contributed by atoms with Crippen LogP contribution < -0.4 is 10.2 Å². The molecule has 0 atom stereocenters. The quantitative estimate of drug-likeness (QED) is 0.837. The molecule has 3 aliphatic rings. The summed E-state index contributed by atoms with van der Waals surface area (Å²) < 4.78 is 13.2. The van der Waals surface area contributed by atoms with Crippen LogP contribution in [0.25, 0.3) is 5.70 Å². The minimum absolute atomic E-state index is 0.409. The summed E-state index contributed by atoms with van der Waals surface area (Å²) in [6.45, 7) is 3.80. The minimum Gasteiger partial charge on any atom is -0.369 e. The van der Waals surface area contributed by atoms with Crippen molar-refractivity contribution in [2.45, 2.75) is 0 Å². The summed E-state index contributed by atoms with van der Waals surface area (Å²) in [6, 6.07) is 5.98. The van der Waals surface area contributed by atoms with Crippen molar-refractivity contribution in [2.24, 2.45) is 10.2 Å². The number of halogens is 1. The van der Waals surface area contributed by atoms with Crippen LogP contribution in [0.5, 0.6) is 0 Å². The fourth-order valence-corrected chi connectivity index (χ4v) is 2.92. The summed E-state index contributed by atoms with van der Waals surface area (Å²) >= 11 is 0. The largest absolute Gasteiger partial charge is 0.369 e. The third kappa shape index (κ3) is 2.54. The van der Waals surface area contributed by atoms with Crippen LogP contribution >= 0.6 is 0 Å². The van der Waals surface area contributed by atoms with E-state index in [0.717, 1.165) is 54.4 Å². The highest BCUT2D eigenvalue weighted by atomic mass is 19.1. The highest BCUT2D eigenvalue weighted by Crippen LogP contribution is 2.40. The lowest BCUT2D eigenvalue weighted by Crippen LogP contribution is -2.43. The van der Waals surface area contributed by atoms with Crippen molar-refractivity contribution in [1.82, 2.24) is 10.4 Å². The van der Waals surface area contributed by atoms with Crippen molar-refractivity contribution >= 4 is 17.1 Å². The number of azo groups is 1. The summed E-state index contributed by atoms with van der Waals surface area (Å²) in [4.78, 5) is 2.30. The second kappa shape index (κ2) is 5.60. The molecule has 0 radical (unpaired) electrons. The van der Waals surface area contributed by atoms with Gasteiger partial charge in [-0.25, -0.2) is 9.45 Å². The molecular weight excluding hydrogens is 297 g/mol. The van der Waals surface area contributed by atoms with E-state index in [2.05, 4.69) is 20.4 Å². The monoisotopic (exact) mass is 313 g/mol. The van der Waals surface area contributed by atoms with Crippen LogP contribution in [0.15, 0.2) is 58.3 Å². The lowest BCUT2D eigenvalue weighted by atomic mass is 10.1. The summed E-state index contributed by atoms with van der Waals surface area (Å²) in [7, 11) is 0. The molecule has 0 aliphatic carbocycles. The number of nitrogens with zero attached hydrogens (tertiary/aromatic N) is 4. The average molecular weight is 313 g/mol. The van der Waals surface area contributed by atoms with E-state index in [0.29, 0.717) is 11.4 Å². The number of fused-ring (bicyclic) bond motifs is 1. The first-order valence-corrected chi connectivity index (χ1v) is 7.52. The highest BCUT2D eigenvalue weighted by Gasteiger charge is 2.23. The number of hydrogen-bond donors (Lipinski definition) is 2. The molecule has 1 fully saturated rings. The number of anilines is 1. The van der Waals surface area contributed by atoms with Crippen LogP contribution in [-0.4, -0.2) is 36.4 Å². The lowest BCUT2D eigenvalue weighted by molar-refractivity contribution is -0.00199. The molecule has 2 N–H and O–H groups in total. The molecule has 1 saturated heterocycles. The van der Waals surface area contributed by atoms with Crippen LogP contribution in [-0.2, 0) is 0 Å². The molecule has 0 aromatic heterocycles. The van der Waals surface area contributed by atoms with Gasteiger partial charge in [-0.05, 0) is 30.4 Å². The predicted octanol–water partition coefficient (Wildman–Crippen LogP) is 2.93. The molecule has 4 rings (SSSR count). The molecule has 0 amide bonds. The third-order valence-corrected chi connectivity index (χ3v) is 4.11. The van der Waals surface area contributed by atoms with Gasteiger partial charge in [-0.3, -0.25) is 5.21 Å². The molecule has 0 spiro atoms. The Morgan fingerprint density at radius 3 is 2.74 bits per heavy atom. The first-order valence-electron chi connectivity index (χ1n) is 7.52. The molecule has 0 unspecified atom stereocenters. The molecular formula is C16H16FN5O. The maximum Gasteiger partial charge on any atom is 0.142 e. The van der Waals surface area contributed by atoms with Gasteiger partial charge in [0.25, 0.3) is 0 Å². The maximum atomic E-state index is 13.2. The van der Waals surface area contributed by atoms with Gasteiger partial charge in [0.2, 0.25) is 0 Å². The van der Waals surface area contributed by atoms with Gasteiger partial charge < -0.3 is 10.2 Å². The van der Waals surface area contributed by atoms with Gasteiger partial charge in [-0.1, -0.05) is 0 Å². The SMILES string of the molecule is ON1C=C(F)C=C/C1=C1\N=Nc2ccc(N3CCNCC3)cc21. The van der Waals surface area contributed by atoms with Crippen molar-refractivity contribution in [3.63, 3.8) is 0 Å². The van der Waals surface area contributed by atoms with Crippen LogP contribution in [0.1, 0.15) is 5.56 Å². The number of benzene rings is 1. The fourth-order valence-electron chi connectivity index (χ4n) is 2.92. The fraction of sp³-hybridized carbons (Fsp3) is 0.250. The normalized spacial score (nSPS) is 23.3. The highest BCUT2D eigenvalue weighted by molar-refractivity contribution is 5.82. The Labute approximate surface area is 132 Å². The van der Waals surface area contributed by atoms with Gasteiger partial charge >= 0.3 is 0 Å². The first-order chi connectivity index (χ1) is 11.2. The molecule has 0 bridgehead atoms. The Bertz CT molecular complexity index is 762. The molecule has 1 aromatic rings. The zero-order chi connectivity index (χ0) is 15.8. The Morgan fingerprint density at radius 1 is 1.13 bits per heavy atom. The van der Waals surface area contributed by atoms with Crippen molar-refractivity contribution in [2.75, 3.05) is 31.1 Å². The molecule has 0 saturated carbocycles. The van der Waals surface area contributed by atoms with Crippen molar-refractivity contribution in [1.29, 1.82) is 0 Å². The van der Waals surface area contributed by atoms with E-state index in [9.17, 15) is 9.60 Å². The number of rotatable bonds is 1. The van der Waals surface area contributed by atoms with E-state index in [1.807, 2.05) is 18.2 Å². The maximum absolute atomic E-state index is 13.2. The second-order valence-electron chi connectivity index (χ2n) is 5.56. The zero-order valence-corrected chi connectivity index (χ0v) is 12.4. The Morgan fingerprint density at radius 2 is 1.96 bits per heavy atom. The zero-order valence-electron chi connectivity index (χ0n) is 12.4. The smallest absolute Gasteiger partial charge is 0.142 e. The van der Waals surface area contributed by atoms with E-state index in [1.54, 1.807) is 0 Å². The van der Waals surface area contributed by atoms with Gasteiger partial charge in [-0.2, -0.15) is 0 Å². The predicted molar refractivity (Wildman–Crippen MR) is 84.9 cm³/mol. The van der Waals surface area contributed by atoms with E-state index >= 15 is 0 Å². The van der Waals surface area contributed by atoms with Crippen LogP contribution in [0, 0.1) is 0 Å². The average Bonchev–Trinajstić information content (AvgIpc) is 2.99. The number of allylic oxidation sites excluding steroid dienone is 3. The summed E-state index contributed by atoms with van der Waals surface area (Å²) in [6.07, 6.45) is 3.80. The van der Waals surface area contributed by atoms with E-state index in [-0.39, 0.29) is 0 Å². The molecule has 23 heavy (non-hydrogen) atoms. The molecule has 1 aromatic carbocycles. The number of hydrogen-bond acceptors (Lipinski definition) is 6. The number of hydroxylamine groups is 2. The van der Waals surface area contributed by atoms with E-state index < -0.39 is 5.83 Å². The van der Waals surface area contributed by atoms with Crippen LogP contribution in [0.4, 0.5) is 15.8 Å². The van der Waals surface area contributed by atoms with E-state index in [4.69, 9.17) is 0 Å². The van der Waals surface area contributed by atoms with Gasteiger partial charge in [0, 0.05) is 37.4 Å². The number of piperazine rings is 1. The topological polar surface area (TPSA) is 63.5 Å². The number of nitrogens with one attached hydrogen (secondary N) is 1. The lowest BCUT2D eigenvalue weighted by Gasteiger charge is -2.29. The standard InChI is InChI=1S/C16H16FN5O/c17-11-1-4-15(22(23)10-11)16-13-9-12(2-3-14(13)19-20-16)21-7-5-18-6-8-21/h1-4,9-10,18,23H,5-8H2/b16-15+. The van der Waals surface area contributed by atoms with Crippen LogP contribution in [0.2, 0.25) is 0 Å². The summed E-state index contributed by atoms with van der Waals surface area (Å²) in [5.74, 6) is -0.512. The molecule has 7 heteroatoms. The summed E-state index contributed by atoms with van der Waals surface area (Å²) in [5.41, 5.74) is 3.64. The van der Waals surface area contributed by atoms with Gasteiger partial charge in [0.1, 0.15) is 11.5 Å². The van der Waals surface area contributed by atoms with E-state index in [1.165, 1.54) is 12.2 Å². The van der Waals surface area contributed by atoms with Gasteiger partial charge in [0.05, 0.1) is 17.6 Å². The van der Waals surface area contributed by atoms with Crippen LogP contribution in [0.3, 0.4) is 0 Å². The molecule has 118 valence electrons. The Kier molecular flexibility index (Phi) is 3.44. The molecule has 6 nitrogen and oxygen atoms in total. The van der Waals surface area contributed by atoms with Gasteiger partial charge in [-0.15, -0.1) is 10.2 Å². The van der Waals surface area contributed by atoms with Crippen molar-refractivity contribution < 1.29 is 9.60 Å². The van der Waals surface area contributed by atoms with Gasteiger partial charge in [0.15, 0.2) is 0 Å². The minimum atomic E-state index is -0.512. The summed E-state index contributed by atoms with van der Waals surface area (Å²) in [5, 5.41) is 22.3.